The number of carbonyl (C=O) groups excluding carboxylic acids is 1. The van der Waals surface area contributed by atoms with Gasteiger partial charge in [-0.2, -0.15) is 0 Å². The van der Waals surface area contributed by atoms with E-state index in [0.717, 1.165) is 6.07 Å². The molecule has 0 aliphatic heterocycles. The molecule has 0 bridgehead atoms. The molecule has 4 nitrogen and oxygen atoms in total. The van der Waals surface area contributed by atoms with Gasteiger partial charge in [-0.15, -0.1) is 0 Å². The first-order valence-electron chi connectivity index (χ1n) is 6.16. The maximum absolute atomic E-state index is 13.2. The highest BCUT2D eigenvalue weighted by Gasteiger charge is 2.07. The van der Waals surface area contributed by atoms with E-state index in [1.165, 1.54) is 12.1 Å². The summed E-state index contributed by atoms with van der Waals surface area (Å²) in [5.41, 5.74) is 0.847. The average Bonchev–Trinajstić information content (AvgIpc) is 2.47. The summed E-state index contributed by atoms with van der Waals surface area (Å²) in [6.07, 6.45) is 0. The normalized spacial score (nSPS) is 10.2. The van der Waals surface area contributed by atoms with E-state index in [4.69, 9.17) is 21.4 Å². The Morgan fingerprint density at radius 1 is 1.29 bits per heavy atom. The molecule has 0 aliphatic rings. The first-order chi connectivity index (χ1) is 10.1. The number of halogens is 2. The number of para-hydroxylation sites is 1. The molecule has 0 aromatic heterocycles. The molecular formula is C15H13ClFNO3. The fraction of sp³-hybridized carbons (Fsp3) is 0.133. The monoisotopic (exact) mass is 309 g/mol. The molecule has 6 heteroatoms. The van der Waals surface area contributed by atoms with Crippen LogP contribution >= 0.6 is 11.6 Å². The number of rotatable bonds is 5. The van der Waals surface area contributed by atoms with Crippen LogP contribution in [0.5, 0.6) is 5.75 Å². The Morgan fingerprint density at radius 3 is 2.76 bits per heavy atom. The number of hydrogen-bond acceptors (Lipinski definition) is 3. The summed E-state index contributed by atoms with van der Waals surface area (Å²) in [5, 5.41) is 12.0. The Balaban J connectivity index is 1.95. The number of nitrogens with one attached hydrogen (secondary N) is 1. The first kappa shape index (κ1) is 15.3. The Labute approximate surface area is 126 Å². The minimum Gasteiger partial charge on any atom is -0.484 e. The van der Waals surface area contributed by atoms with Gasteiger partial charge in [0.2, 0.25) is 0 Å². The van der Waals surface area contributed by atoms with Crippen molar-refractivity contribution >= 4 is 23.2 Å². The summed E-state index contributed by atoms with van der Waals surface area (Å²) in [6.45, 7) is -0.598. The standard InChI is InChI=1S/C15H13ClFNO3/c16-13-3-1-2-4-14(13)18-15(20)9-21-12-6-10(8-19)5-11(17)7-12/h1-7,19H,8-9H2,(H,18,20). The van der Waals surface area contributed by atoms with Crippen LogP contribution in [-0.4, -0.2) is 17.6 Å². The van der Waals surface area contributed by atoms with Crippen molar-refractivity contribution in [2.45, 2.75) is 6.61 Å². The van der Waals surface area contributed by atoms with Crippen molar-refractivity contribution in [1.82, 2.24) is 0 Å². The fourth-order valence-electron chi connectivity index (χ4n) is 1.69. The molecule has 0 saturated carbocycles. The number of carbonyl (C=O) groups is 1. The highest BCUT2D eigenvalue weighted by Crippen LogP contribution is 2.20. The molecular weight excluding hydrogens is 297 g/mol. The zero-order valence-corrected chi connectivity index (χ0v) is 11.7. The average molecular weight is 310 g/mol. The van der Waals surface area contributed by atoms with E-state index in [-0.39, 0.29) is 19.0 Å². The van der Waals surface area contributed by atoms with Gasteiger partial charge in [0.05, 0.1) is 17.3 Å². The zero-order valence-electron chi connectivity index (χ0n) is 11.0. The second-order valence-corrected chi connectivity index (χ2v) is 4.68. The second kappa shape index (κ2) is 7.06. The molecule has 2 aromatic rings. The third-order valence-corrected chi connectivity index (χ3v) is 2.96. The van der Waals surface area contributed by atoms with Gasteiger partial charge in [0, 0.05) is 6.07 Å². The van der Waals surface area contributed by atoms with Gasteiger partial charge in [0.1, 0.15) is 11.6 Å². The number of amides is 1. The Morgan fingerprint density at radius 2 is 2.05 bits per heavy atom. The number of hydrogen-bond donors (Lipinski definition) is 2. The van der Waals surface area contributed by atoms with Crippen LogP contribution in [0.3, 0.4) is 0 Å². The van der Waals surface area contributed by atoms with E-state index >= 15 is 0 Å². The summed E-state index contributed by atoms with van der Waals surface area (Å²) < 4.78 is 18.4. The highest BCUT2D eigenvalue weighted by molar-refractivity contribution is 6.33. The van der Waals surface area contributed by atoms with Crippen LogP contribution in [0.15, 0.2) is 42.5 Å². The molecule has 0 heterocycles. The third kappa shape index (κ3) is 4.44. The SMILES string of the molecule is O=C(COc1cc(F)cc(CO)c1)Nc1ccccc1Cl. The summed E-state index contributed by atoms with van der Waals surface area (Å²) in [7, 11) is 0. The van der Waals surface area contributed by atoms with Crippen LogP contribution in [0.25, 0.3) is 0 Å². The van der Waals surface area contributed by atoms with Gasteiger partial charge in [-0.1, -0.05) is 23.7 Å². The molecule has 0 atom stereocenters. The van der Waals surface area contributed by atoms with E-state index in [0.29, 0.717) is 16.3 Å². The molecule has 0 saturated heterocycles. The minimum absolute atomic E-state index is 0.174. The molecule has 0 unspecified atom stereocenters. The van der Waals surface area contributed by atoms with Crippen molar-refractivity contribution in [3.63, 3.8) is 0 Å². The summed E-state index contributed by atoms with van der Waals surface area (Å²) in [6, 6.07) is 10.6. The zero-order chi connectivity index (χ0) is 15.2. The number of aliphatic hydroxyl groups is 1. The van der Waals surface area contributed by atoms with Crippen LogP contribution in [-0.2, 0) is 11.4 Å². The lowest BCUT2D eigenvalue weighted by atomic mass is 10.2. The van der Waals surface area contributed by atoms with Crippen LogP contribution in [0.1, 0.15) is 5.56 Å². The Bertz CT molecular complexity index is 649. The van der Waals surface area contributed by atoms with E-state index in [1.54, 1.807) is 24.3 Å². The molecule has 0 fully saturated rings. The molecule has 1 amide bonds. The van der Waals surface area contributed by atoms with Gasteiger partial charge in [-0.3, -0.25) is 4.79 Å². The maximum Gasteiger partial charge on any atom is 0.262 e. The molecule has 2 aromatic carbocycles. The van der Waals surface area contributed by atoms with Crippen LogP contribution < -0.4 is 10.1 Å². The molecule has 0 aliphatic carbocycles. The van der Waals surface area contributed by atoms with Crippen molar-refractivity contribution in [1.29, 1.82) is 0 Å². The largest absolute Gasteiger partial charge is 0.484 e. The minimum atomic E-state index is -0.539. The van der Waals surface area contributed by atoms with E-state index in [2.05, 4.69) is 5.32 Å². The topological polar surface area (TPSA) is 58.6 Å². The lowest BCUT2D eigenvalue weighted by Gasteiger charge is -2.09. The number of ether oxygens (including phenoxy) is 1. The molecule has 0 radical (unpaired) electrons. The fourth-order valence-corrected chi connectivity index (χ4v) is 1.88. The van der Waals surface area contributed by atoms with E-state index in [1.807, 2.05) is 0 Å². The first-order valence-corrected chi connectivity index (χ1v) is 6.54. The van der Waals surface area contributed by atoms with Gasteiger partial charge < -0.3 is 15.2 Å². The Kier molecular flexibility index (Phi) is 5.14. The Hall–Kier alpha value is -2.11. The van der Waals surface area contributed by atoms with Crippen LogP contribution in [0.2, 0.25) is 5.02 Å². The second-order valence-electron chi connectivity index (χ2n) is 4.27. The molecule has 21 heavy (non-hydrogen) atoms. The molecule has 2 N–H and O–H groups in total. The van der Waals surface area contributed by atoms with Crippen LogP contribution in [0.4, 0.5) is 10.1 Å². The van der Waals surface area contributed by atoms with Gasteiger partial charge in [0.25, 0.3) is 5.91 Å². The number of aliphatic hydroxyl groups excluding tert-OH is 1. The van der Waals surface area contributed by atoms with Gasteiger partial charge in [-0.25, -0.2) is 4.39 Å². The molecule has 2 rings (SSSR count). The number of anilines is 1. The molecule has 110 valence electrons. The predicted molar refractivity (Wildman–Crippen MR) is 77.9 cm³/mol. The smallest absolute Gasteiger partial charge is 0.262 e. The summed E-state index contributed by atoms with van der Waals surface area (Å²) >= 11 is 5.91. The maximum atomic E-state index is 13.2. The van der Waals surface area contributed by atoms with Crippen molar-refractivity contribution < 1.29 is 19.0 Å². The summed E-state index contributed by atoms with van der Waals surface area (Å²) in [4.78, 5) is 11.7. The lowest BCUT2D eigenvalue weighted by molar-refractivity contribution is -0.118. The lowest BCUT2D eigenvalue weighted by Crippen LogP contribution is -2.20. The quantitative estimate of drug-likeness (QED) is 0.892. The van der Waals surface area contributed by atoms with Crippen molar-refractivity contribution in [2.24, 2.45) is 0 Å². The van der Waals surface area contributed by atoms with Gasteiger partial charge in [-0.05, 0) is 29.8 Å². The van der Waals surface area contributed by atoms with Crippen molar-refractivity contribution in [3.8, 4) is 5.75 Å². The summed E-state index contributed by atoms with van der Waals surface area (Å²) in [5.74, 6) is -0.783. The van der Waals surface area contributed by atoms with Crippen LogP contribution in [0, 0.1) is 5.82 Å². The molecule has 0 spiro atoms. The van der Waals surface area contributed by atoms with E-state index in [9.17, 15) is 9.18 Å². The van der Waals surface area contributed by atoms with Gasteiger partial charge in [0.15, 0.2) is 6.61 Å². The van der Waals surface area contributed by atoms with Crippen molar-refractivity contribution in [2.75, 3.05) is 11.9 Å². The van der Waals surface area contributed by atoms with E-state index < -0.39 is 11.7 Å². The third-order valence-electron chi connectivity index (χ3n) is 2.63. The number of benzene rings is 2. The van der Waals surface area contributed by atoms with Gasteiger partial charge >= 0.3 is 0 Å². The van der Waals surface area contributed by atoms with Crippen molar-refractivity contribution in [3.05, 3.63) is 58.9 Å². The highest BCUT2D eigenvalue weighted by atomic mass is 35.5. The predicted octanol–water partition coefficient (Wildman–Crippen LogP) is 2.99.